The molecule has 0 atom stereocenters. The second kappa shape index (κ2) is 6.12. The molecule has 0 rings (SSSR count). The predicted molar refractivity (Wildman–Crippen MR) is 52.9 cm³/mol. The number of alkyl halides is 7. The summed E-state index contributed by atoms with van der Waals surface area (Å²) in [6, 6.07) is 0. The van der Waals surface area contributed by atoms with Crippen LogP contribution in [0.25, 0.3) is 0 Å². The summed E-state index contributed by atoms with van der Waals surface area (Å²) < 4.78 is 85.5. The van der Waals surface area contributed by atoms with Gasteiger partial charge < -0.3 is 0 Å². The first kappa shape index (κ1) is 17.5. The van der Waals surface area contributed by atoms with Crippen LogP contribution in [0, 0.1) is 0 Å². The van der Waals surface area contributed by atoms with Crippen LogP contribution in [0.1, 0.15) is 26.2 Å². The maximum absolute atomic E-state index is 12.7. The molecule has 0 aromatic carbocycles. The van der Waals surface area contributed by atoms with Gasteiger partial charge in [0.25, 0.3) is 0 Å². The fourth-order valence-electron chi connectivity index (χ4n) is 0.947. The molecule has 0 aromatic heterocycles. The molecule has 108 valence electrons. The van der Waals surface area contributed by atoms with Gasteiger partial charge in [-0.2, -0.15) is 30.7 Å². The topological polar surface area (TPSA) is 17.1 Å². The summed E-state index contributed by atoms with van der Waals surface area (Å²) in [5, 5.41) is -0.333. The Morgan fingerprint density at radius 1 is 1.06 bits per heavy atom. The van der Waals surface area contributed by atoms with Gasteiger partial charge in [-0.1, -0.05) is 18.7 Å². The summed E-state index contributed by atoms with van der Waals surface area (Å²) in [4.78, 5) is 10.7. The molecular weight excluding hydrogens is 289 g/mol. The van der Waals surface area contributed by atoms with Gasteiger partial charge in [0.2, 0.25) is 0 Å². The molecule has 0 aromatic rings. The van der Waals surface area contributed by atoms with Gasteiger partial charge in [0.15, 0.2) is 5.12 Å². The molecular formula is C9H11F7OS. The van der Waals surface area contributed by atoms with E-state index in [4.69, 9.17) is 0 Å². The molecule has 0 aliphatic rings. The summed E-state index contributed by atoms with van der Waals surface area (Å²) in [7, 11) is 0. The van der Waals surface area contributed by atoms with Crippen LogP contribution in [0.15, 0.2) is 0 Å². The predicted octanol–water partition coefficient (Wildman–Crippen LogP) is 4.27. The zero-order valence-electron chi connectivity index (χ0n) is 9.29. The molecule has 0 amide bonds. The van der Waals surface area contributed by atoms with E-state index in [1.165, 1.54) is 6.92 Å². The van der Waals surface area contributed by atoms with Crippen molar-refractivity contribution in [2.75, 3.05) is 5.75 Å². The van der Waals surface area contributed by atoms with E-state index in [2.05, 4.69) is 0 Å². The molecule has 0 saturated heterocycles. The van der Waals surface area contributed by atoms with Gasteiger partial charge in [-0.3, -0.25) is 4.79 Å². The van der Waals surface area contributed by atoms with Crippen molar-refractivity contribution in [2.45, 2.75) is 44.2 Å². The van der Waals surface area contributed by atoms with Gasteiger partial charge in [-0.25, -0.2) is 0 Å². The standard InChI is InChI=1S/C9H11F7OS/c1-2-6(17)18-5-3-4-7(10,11)8(12,13)9(14,15)16/h2-5H2,1H3. The molecule has 0 heterocycles. The van der Waals surface area contributed by atoms with E-state index in [9.17, 15) is 35.5 Å². The third kappa shape index (κ3) is 4.33. The van der Waals surface area contributed by atoms with Gasteiger partial charge in [0, 0.05) is 18.6 Å². The van der Waals surface area contributed by atoms with E-state index >= 15 is 0 Å². The molecule has 0 N–H and O–H groups in total. The maximum atomic E-state index is 12.7. The first-order valence-corrected chi connectivity index (χ1v) is 5.92. The number of carbonyl (C=O) groups is 1. The fourth-order valence-corrected chi connectivity index (χ4v) is 1.67. The van der Waals surface area contributed by atoms with Crippen LogP contribution >= 0.6 is 11.8 Å². The average Bonchev–Trinajstić information content (AvgIpc) is 2.22. The van der Waals surface area contributed by atoms with Gasteiger partial charge >= 0.3 is 18.0 Å². The highest BCUT2D eigenvalue weighted by Crippen LogP contribution is 2.48. The van der Waals surface area contributed by atoms with Crippen molar-refractivity contribution in [3.63, 3.8) is 0 Å². The minimum absolute atomic E-state index is 0.139. The van der Waals surface area contributed by atoms with Gasteiger partial charge in [-0.15, -0.1) is 0 Å². The van der Waals surface area contributed by atoms with E-state index in [1.807, 2.05) is 0 Å². The highest BCUT2D eigenvalue weighted by molar-refractivity contribution is 8.13. The highest BCUT2D eigenvalue weighted by Gasteiger charge is 2.72. The average molecular weight is 300 g/mol. The lowest BCUT2D eigenvalue weighted by molar-refractivity contribution is -0.355. The van der Waals surface area contributed by atoms with E-state index in [0.29, 0.717) is 11.8 Å². The number of thioether (sulfide) groups is 1. The van der Waals surface area contributed by atoms with Gasteiger partial charge in [-0.05, 0) is 6.42 Å². The summed E-state index contributed by atoms with van der Waals surface area (Å²) in [6.07, 6.45) is -8.37. The number of hydrogen-bond donors (Lipinski definition) is 0. The number of carbonyl (C=O) groups excluding carboxylic acids is 1. The molecule has 0 saturated carbocycles. The molecule has 0 spiro atoms. The summed E-state index contributed by atoms with van der Waals surface area (Å²) >= 11 is 0.637. The number of hydrogen-bond acceptors (Lipinski definition) is 2. The van der Waals surface area contributed by atoms with Crippen molar-refractivity contribution in [2.24, 2.45) is 0 Å². The van der Waals surface area contributed by atoms with Crippen LogP contribution in [0.4, 0.5) is 30.7 Å². The van der Waals surface area contributed by atoms with Crippen molar-refractivity contribution in [1.82, 2.24) is 0 Å². The van der Waals surface area contributed by atoms with Crippen LogP contribution in [0.5, 0.6) is 0 Å². The fraction of sp³-hybridized carbons (Fsp3) is 0.889. The van der Waals surface area contributed by atoms with Crippen LogP contribution < -0.4 is 0 Å². The molecule has 0 aliphatic carbocycles. The second-order valence-electron chi connectivity index (χ2n) is 3.45. The lowest BCUT2D eigenvalue weighted by Gasteiger charge is -2.28. The van der Waals surface area contributed by atoms with Crippen LogP contribution in [-0.2, 0) is 4.79 Å². The van der Waals surface area contributed by atoms with Crippen molar-refractivity contribution in [3.05, 3.63) is 0 Å². The second-order valence-corrected chi connectivity index (χ2v) is 4.61. The normalized spacial score (nSPS) is 13.8. The monoisotopic (exact) mass is 300 g/mol. The van der Waals surface area contributed by atoms with Crippen molar-refractivity contribution >= 4 is 16.9 Å². The zero-order chi connectivity index (χ0) is 14.6. The van der Waals surface area contributed by atoms with Crippen LogP contribution in [-0.4, -0.2) is 28.9 Å². The Morgan fingerprint density at radius 3 is 1.94 bits per heavy atom. The van der Waals surface area contributed by atoms with Gasteiger partial charge in [0.1, 0.15) is 0 Å². The molecule has 1 nitrogen and oxygen atoms in total. The number of halogens is 7. The SMILES string of the molecule is CCC(=O)SCCCC(F)(F)C(F)(F)C(F)(F)F. The summed E-state index contributed by atoms with van der Waals surface area (Å²) in [5.74, 6) is -11.4. The van der Waals surface area contributed by atoms with Crippen LogP contribution in [0.3, 0.4) is 0 Å². The molecule has 9 heteroatoms. The Kier molecular flexibility index (Phi) is 5.96. The quantitative estimate of drug-likeness (QED) is 0.538. The van der Waals surface area contributed by atoms with Gasteiger partial charge in [0.05, 0.1) is 0 Å². The Bertz CT molecular complexity index is 287. The maximum Gasteiger partial charge on any atom is 0.459 e. The minimum Gasteiger partial charge on any atom is -0.287 e. The Labute approximate surface area is 103 Å². The van der Waals surface area contributed by atoms with E-state index in [1.54, 1.807) is 0 Å². The third-order valence-corrected chi connectivity index (χ3v) is 3.11. The lowest BCUT2D eigenvalue weighted by atomic mass is 10.1. The van der Waals surface area contributed by atoms with E-state index < -0.39 is 30.9 Å². The van der Waals surface area contributed by atoms with Crippen molar-refractivity contribution in [3.8, 4) is 0 Å². The zero-order valence-corrected chi connectivity index (χ0v) is 10.1. The first-order valence-electron chi connectivity index (χ1n) is 4.93. The molecule has 0 fully saturated rings. The Balaban J connectivity index is 4.36. The Morgan fingerprint density at radius 2 is 1.56 bits per heavy atom. The van der Waals surface area contributed by atoms with Crippen LogP contribution in [0.2, 0.25) is 0 Å². The Hall–Kier alpha value is -0.470. The van der Waals surface area contributed by atoms with Crippen molar-refractivity contribution < 1.29 is 35.5 Å². The third-order valence-electron chi connectivity index (χ3n) is 2.00. The lowest BCUT2D eigenvalue weighted by Crippen LogP contribution is -2.51. The molecule has 18 heavy (non-hydrogen) atoms. The molecule has 0 unspecified atom stereocenters. The first-order chi connectivity index (χ1) is 7.95. The van der Waals surface area contributed by atoms with E-state index in [-0.39, 0.29) is 17.3 Å². The van der Waals surface area contributed by atoms with E-state index in [0.717, 1.165) is 0 Å². The highest BCUT2D eigenvalue weighted by atomic mass is 32.2. The summed E-state index contributed by atoms with van der Waals surface area (Å²) in [5.41, 5.74) is 0. The molecule has 0 radical (unpaired) electrons. The minimum atomic E-state index is -6.29. The summed E-state index contributed by atoms with van der Waals surface area (Å²) in [6.45, 7) is 1.52. The molecule has 0 bridgehead atoms. The molecule has 0 aliphatic heterocycles. The number of rotatable bonds is 6. The largest absolute Gasteiger partial charge is 0.459 e. The van der Waals surface area contributed by atoms with Crippen molar-refractivity contribution in [1.29, 1.82) is 0 Å². The smallest absolute Gasteiger partial charge is 0.287 e.